The second-order valence-electron chi connectivity index (χ2n) is 4.21. The van der Waals surface area contributed by atoms with Crippen molar-refractivity contribution in [3.63, 3.8) is 0 Å². The fraction of sp³-hybridized carbons (Fsp3) is 0.571. The van der Waals surface area contributed by atoms with Crippen molar-refractivity contribution in [2.24, 2.45) is 0 Å². The standard InChI is InChI=1S/C14H22BrNO2/c1-16-8-6-4-5-7-11-9-13(17-2)14(18-3)10-12(11)15/h9-10,16H,4-8H2,1-3H3. The van der Waals surface area contributed by atoms with Crippen LogP contribution in [0.2, 0.25) is 0 Å². The summed E-state index contributed by atoms with van der Waals surface area (Å²) in [4.78, 5) is 0. The molecular formula is C14H22BrNO2. The molecule has 0 aromatic heterocycles. The smallest absolute Gasteiger partial charge is 0.161 e. The Morgan fingerprint density at radius 1 is 1.06 bits per heavy atom. The average Bonchev–Trinajstić information content (AvgIpc) is 2.39. The van der Waals surface area contributed by atoms with Crippen LogP contribution in [0.1, 0.15) is 24.8 Å². The summed E-state index contributed by atoms with van der Waals surface area (Å²) in [6, 6.07) is 4.03. The number of hydrogen-bond acceptors (Lipinski definition) is 3. The summed E-state index contributed by atoms with van der Waals surface area (Å²) in [6.07, 6.45) is 4.71. The normalized spacial score (nSPS) is 10.4. The first kappa shape index (κ1) is 15.3. The second-order valence-corrected chi connectivity index (χ2v) is 5.07. The van der Waals surface area contributed by atoms with Crippen molar-refractivity contribution in [3.8, 4) is 11.5 Å². The molecule has 0 aliphatic carbocycles. The molecule has 0 saturated carbocycles. The minimum atomic E-state index is 0.767. The molecule has 102 valence electrons. The molecule has 0 heterocycles. The maximum absolute atomic E-state index is 5.32. The fourth-order valence-corrected chi connectivity index (χ4v) is 2.40. The second kappa shape index (κ2) is 8.38. The zero-order valence-corrected chi connectivity index (χ0v) is 13.0. The number of methoxy groups -OCH3 is 2. The summed E-state index contributed by atoms with van der Waals surface area (Å²) in [5.74, 6) is 1.56. The number of unbranched alkanes of at least 4 members (excludes halogenated alkanes) is 2. The maximum Gasteiger partial charge on any atom is 0.161 e. The number of rotatable bonds is 8. The van der Waals surface area contributed by atoms with Crippen molar-refractivity contribution in [2.75, 3.05) is 27.8 Å². The lowest BCUT2D eigenvalue weighted by Crippen LogP contribution is -2.07. The van der Waals surface area contributed by atoms with E-state index in [-0.39, 0.29) is 0 Å². The average molecular weight is 316 g/mol. The maximum atomic E-state index is 5.32. The van der Waals surface area contributed by atoms with Crippen LogP contribution in [0.25, 0.3) is 0 Å². The zero-order valence-electron chi connectivity index (χ0n) is 11.4. The Hall–Kier alpha value is -0.740. The van der Waals surface area contributed by atoms with Gasteiger partial charge in [-0.05, 0) is 50.6 Å². The Morgan fingerprint density at radius 2 is 1.72 bits per heavy atom. The Bertz CT molecular complexity index is 369. The van der Waals surface area contributed by atoms with E-state index in [0.717, 1.165) is 28.9 Å². The molecular weight excluding hydrogens is 294 g/mol. The first-order valence-corrected chi connectivity index (χ1v) is 7.07. The van der Waals surface area contributed by atoms with Crippen molar-refractivity contribution in [2.45, 2.75) is 25.7 Å². The van der Waals surface area contributed by atoms with Gasteiger partial charge in [-0.15, -0.1) is 0 Å². The number of nitrogens with one attached hydrogen (secondary N) is 1. The number of ether oxygens (including phenoxy) is 2. The summed E-state index contributed by atoms with van der Waals surface area (Å²) in [5, 5.41) is 3.17. The SMILES string of the molecule is CNCCCCCc1cc(OC)c(OC)cc1Br. The minimum absolute atomic E-state index is 0.767. The predicted molar refractivity (Wildman–Crippen MR) is 78.7 cm³/mol. The van der Waals surface area contributed by atoms with Gasteiger partial charge in [0.05, 0.1) is 14.2 Å². The molecule has 1 N–H and O–H groups in total. The van der Waals surface area contributed by atoms with E-state index in [2.05, 4.69) is 27.3 Å². The Kier molecular flexibility index (Phi) is 7.13. The van der Waals surface area contributed by atoms with Crippen molar-refractivity contribution in [1.82, 2.24) is 5.32 Å². The molecule has 1 aromatic rings. The van der Waals surface area contributed by atoms with Gasteiger partial charge in [0.25, 0.3) is 0 Å². The van der Waals surface area contributed by atoms with Gasteiger partial charge in [0, 0.05) is 4.47 Å². The van der Waals surface area contributed by atoms with E-state index >= 15 is 0 Å². The van der Waals surface area contributed by atoms with E-state index in [1.807, 2.05) is 13.1 Å². The van der Waals surface area contributed by atoms with E-state index in [9.17, 15) is 0 Å². The largest absolute Gasteiger partial charge is 0.493 e. The van der Waals surface area contributed by atoms with Gasteiger partial charge in [-0.1, -0.05) is 22.4 Å². The van der Waals surface area contributed by atoms with Crippen LogP contribution in [-0.4, -0.2) is 27.8 Å². The minimum Gasteiger partial charge on any atom is -0.493 e. The van der Waals surface area contributed by atoms with Gasteiger partial charge in [-0.25, -0.2) is 0 Å². The molecule has 1 rings (SSSR count). The lowest BCUT2D eigenvalue weighted by Gasteiger charge is -2.11. The molecule has 3 nitrogen and oxygen atoms in total. The summed E-state index contributed by atoms with van der Waals surface area (Å²) in [6.45, 7) is 1.09. The topological polar surface area (TPSA) is 30.5 Å². The first-order valence-electron chi connectivity index (χ1n) is 6.28. The summed E-state index contributed by atoms with van der Waals surface area (Å²) in [5.41, 5.74) is 1.28. The fourth-order valence-electron chi connectivity index (χ4n) is 1.88. The van der Waals surface area contributed by atoms with Gasteiger partial charge >= 0.3 is 0 Å². The van der Waals surface area contributed by atoms with Crippen LogP contribution in [0, 0.1) is 0 Å². The highest BCUT2D eigenvalue weighted by Crippen LogP contribution is 2.33. The third-order valence-electron chi connectivity index (χ3n) is 2.93. The molecule has 0 aliphatic heterocycles. The highest BCUT2D eigenvalue weighted by atomic mass is 79.9. The van der Waals surface area contributed by atoms with Crippen molar-refractivity contribution in [1.29, 1.82) is 0 Å². The van der Waals surface area contributed by atoms with Crippen LogP contribution in [0.4, 0.5) is 0 Å². The zero-order chi connectivity index (χ0) is 13.4. The lowest BCUT2D eigenvalue weighted by atomic mass is 10.1. The van der Waals surface area contributed by atoms with Gasteiger partial charge < -0.3 is 14.8 Å². The first-order chi connectivity index (χ1) is 8.72. The summed E-state index contributed by atoms with van der Waals surface area (Å²) < 4.78 is 11.7. The molecule has 0 bridgehead atoms. The van der Waals surface area contributed by atoms with E-state index in [4.69, 9.17) is 9.47 Å². The van der Waals surface area contributed by atoms with Crippen molar-refractivity contribution in [3.05, 3.63) is 22.2 Å². The van der Waals surface area contributed by atoms with Gasteiger partial charge in [0.15, 0.2) is 11.5 Å². The predicted octanol–water partition coefficient (Wildman–Crippen LogP) is 3.40. The van der Waals surface area contributed by atoms with Crippen LogP contribution >= 0.6 is 15.9 Å². The number of hydrogen-bond donors (Lipinski definition) is 1. The van der Waals surface area contributed by atoms with Crippen LogP contribution in [0.5, 0.6) is 11.5 Å². The lowest BCUT2D eigenvalue weighted by molar-refractivity contribution is 0.354. The van der Waals surface area contributed by atoms with E-state index in [0.29, 0.717) is 0 Å². The number of benzene rings is 1. The van der Waals surface area contributed by atoms with Gasteiger partial charge in [-0.3, -0.25) is 0 Å². The molecule has 0 aliphatic rings. The van der Waals surface area contributed by atoms with Crippen molar-refractivity contribution >= 4 is 15.9 Å². The highest BCUT2D eigenvalue weighted by Gasteiger charge is 2.09. The van der Waals surface area contributed by atoms with Crippen LogP contribution in [-0.2, 0) is 6.42 Å². The van der Waals surface area contributed by atoms with E-state index in [1.165, 1.54) is 24.8 Å². The monoisotopic (exact) mass is 315 g/mol. The quantitative estimate of drug-likeness (QED) is 0.746. The third kappa shape index (κ3) is 4.50. The van der Waals surface area contributed by atoms with Crippen LogP contribution in [0.3, 0.4) is 0 Å². The Balaban J connectivity index is 2.59. The molecule has 0 spiro atoms. The highest BCUT2D eigenvalue weighted by molar-refractivity contribution is 9.10. The van der Waals surface area contributed by atoms with E-state index < -0.39 is 0 Å². The molecule has 0 radical (unpaired) electrons. The number of aryl methyl sites for hydroxylation is 1. The molecule has 0 amide bonds. The van der Waals surface area contributed by atoms with Gasteiger partial charge in [-0.2, -0.15) is 0 Å². The van der Waals surface area contributed by atoms with Crippen LogP contribution < -0.4 is 14.8 Å². The molecule has 18 heavy (non-hydrogen) atoms. The van der Waals surface area contributed by atoms with Gasteiger partial charge in [0.2, 0.25) is 0 Å². The van der Waals surface area contributed by atoms with Crippen LogP contribution in [0.15, 0.2) is 16.6 Å². The number of halogens is 1. The molecule has 0 fully saturated rings. The Morgan fingerprint density at radius 3 is 2.33 bits per heavy atom. The summed E-state index contributed by atoms with van der Waals surface area (Å²) >= 11 is 3.59. The molecule has 4 heteroatoms. The van der Waals surface area contributed by atoms with Gasteiger partial charge in [0.1, 0.15) is 0 Å². The summed E-state index contributed by atoms with van der Waals surface area (Å²) in [7, 11) is 5.31. The Labute approximate surface area is 118 Å². The molecule has 1 aromatic carbocycles. The third-order valence-corrected chi connectivity index (χ3v) is 3.66. The molecule has 0 atom stereocenters. The van der Waals surface area contributed by atoms with E-state index in [1.54, 1.807) is 14.2 Å². The molecule has 0 saturated heterocycles. The van der Waals surface area contributed by atoms with Crippen molar-refractivity contribution < 1.29 is 9.47 Å². The molecule has 0 unspecified atom stereocenters.